The first kappa shape index (κ1) is 16.0. The molecule has 0 radical (unpaired) electrons. The highest BCUT2D eigenvalue weighted by molar-refractivity contribution is 9.10. The molecule has 0 fully saturated rings. The monoisotopic (exact) mass is 328 g/mol. The highest BCUT2D eigenvalue weighted by atomic mass is 79.9. The molecule has 0 heterocycles. The molecule has 0 aliphatic heterocycles. The molecule has 19 heavy (non-hydrogen) atoms. The van der Waals surface area contributed by atoms with Crippen molar-refractivity contribution in [3.63, 3.8) is 0 Å². The quantitative estimate of drug-likeness (QED) is 0.806. The summed E-state index contributed by atoms with van der Waals surface area (Å²) in [6.07, 6.45) is 1.68. The van der Waals surface area contributed by atoms with Gasteiger partial charge in [-0.3, -0.25) is 4.79 Å². The van der Waals surface area contributed by atoms with E-state index < -0.39 is 0 Å². The summed E-state index contributed by atoms with van der Waals surface area (Å²) in [5.41, 5.74) is 6.63. The lowest BCUT2D eigenvalue weighted by molar-refractivity contribution is -0.123. The van der Waals surface area contributed by atoms with E-state index in [9.17, 15) is 4.79 Å². The van der Waals surface area contributed by atoms with Gasteiger partial charge in [0.1, 0.15) is 5.75 Å². The summed E-state index contributed by atoms with van der Waals surface area (Å²) in [5, 5.41) is 2.86. The first-order chi connectivity index (χ1) is 9.06. The first-order valence-electron chi connectivity index (χ1n) is 6.47. The standard InChI is InChI=1S/C14H21BrN2O2/c1-3-10(2)17-14(18)9-19-12-4-5-13(15)11(8-12)6-7-16/h4-5,8,10H,3,6-7,9,16H2,1-2H3,(H,17,18). The van der Waals surface area contributed by atoms with Crippen molar-refractivity contribution < 1.29 is 9.53 Å². The van der Waals surface area contributed by atoms with E-state index in [1.54, 1.807) is 0 Å². The zero-order valence-electron chi connectivity index (χ0n) is 11.4. The second-order valence-electron chi connectivity index (χ2n) is 4.46. The molecule has 106 valence electrons. The molecule has 3 N–H and O–H groups in total. The van der Waals surface area contributed by atoms with E-state index in [0.717, 1.165) is 22.9 Å². The van der Waals surface area contributed by atoms with Crippen molar-refractivity contribution in [3.8, 4) is 5.75 Å². The van der Waals surface area contributed by atoms with Crippen molar-refractivity contribution in [2.45, 2.75) is 32.7 Å². The maximum atomic E-state index is 11.6. The van der Waals surface area contributed by atoms with Gasteiger partial charge >= 0.3 is 0 Å². The lowest BCUT2D eigenvalue weighted by Crippen LogP contribution is -2.35. The highest BCUT2D eigenvalue weighted by Crippen LogP contribution is 2.22. The van der Waals surface area contributed by atoms with Gasteiger partial charge in [0.2, 0.25) is 0 Å². The third kappa shape index (κ3) is 5.61. The fourth-order valence-corrected chi connectivity index (χ4v) is 2.00. The van der Waals surface area contributed by atoms with E-state index >= 15 is 0 Å². The summed E-state index contributed by atoms with van der Waals surface area (Å²) in [7, 11) is 0. The van der Waals surface area contributed by atoms with Crippen LogP contribution in [0.15, 0.2) is 22.7 Å². The normalized spacial score (nSPS) is 12.0. The van der Waals surface area contributed by atoms with E-state index in [4.69, 9.17) is 10.5 Å². The first-order valence-corrected chi connectivity index (χ1v) is 7.26. The van der Waals surface area contributed by atoms with Gasteiger partial charge in [-0.2, -0.15) is 0 Å². The van der Waals surface area contributed by atoms with Crippen LogP contribution in [-0.4, -0.2) is 25.1 Å². The molecule has 1 aromatic rings. The molecule has 0 aliphatic rings. The Hall–Kier alpha value is -1.07. The predicted octanol–water partition coefficient (Wildman–Crippen LogP) is 2.24. The van der Waals surface area contributed by atoms with Gasteiger partial charge in [0, 0.05) is 10.5 Å². The van der Waals surface area contributed by atoms with Gasteiger partial charge < -0.3 is 15.8 Å². The minimum Gasteiger partial charge on any atom is -0.484 e. The van der Waals surface area contributed by atoms with Crippen LogP contribution in [0.4, 0.5) is 0 Å². The van der Waals surface area contributed by atoms with Gasteiger partial charge in [-0.05, 0) is 50.1 Å². The Morgan fingerprint density at radius 1 is 1.53 bits per heavy atom. The zero-order chi connectivity index (χ0) is 14.3. The molecular formula is C14H21BrN2O2. The second-order valence-corrected chi connectivity index (χ2v) is 5.31. The number of nitrogens with two attached hydrogens (primary N) is 1. The predicted molar refractivity (Wildman–Crippen MR) is 80.3 cm³/mol. The van der Waals surface area contributed by atoms with Crippen LogP contribution in [0.25, 0.3) is 0 Å². The molecule has 5 heteroatoms. The molecule has 0 aliphatic carbocycles. The lowest BCUT2D eigenvalue weighted by Gasteiger charge is -2.13. The maximum absolute atomic E-state index is 11.6. The van der Waals surface area contributed by atoms with Crippen molar-refractivity contribution in [1.29, 1.82) is 0 Å². The summed E-state index contributed by atoms with van der Waals surface area (Å²) in [4.78, 5) is 11.6. The Labute approximate surface area is 122 Å². The number of hydrogen-bond acceptors (Lipinski definition) is 3. The molecule has 0 aromatic heterocycles. The molecule has 0 spiro atoms. The number of carbonyl (C=O) groups excluding carboxylic acids is 1. The summed E-state index contributed by atoms with van der Waals surface area (Å²) < 4.78 is 6.49. The number of amides is 1. The topological polar surface area (TPSA) is 64.3 Å². The summed E-state index contributed by atoms with van der Waals surface area (Å²) in [6.45, 7) is 4.61. The van der Waals surface area contributed by atoms with E-state index in [1.165, 1.54) is 0 Å². The molecule has 1 aromatic carbocycles. The van der Waals surface area contributed by atoms with Crippen LogP contribution < -0.4 is 15.8 Å². The van der Waals surface area contributed by atoms with Gasteiger partial charge in [-0.15, -0.1) is 0 Å². The van der Waals surface area contributed by atoms with Gasteiger partial charge in [-0.25, -0.2) is 0 Å². The third-order valence-electron chi connectivity index (χ3n) is 2.82. The fourth-order valence-electron chi connectivity index (χ4n) is 1.56. The molecule has 1 unspecified atom stereocenters. The van der Waals surface area contributed by atoms with E-state index in [1.807, 2.05) is 32.0 Å². The summed E-state index contributed by atoms with van der Waals surface area (Å²) >= 11 is 3.46. The number of nitrogens with one attached hydrogen (secondary N) is 1. The largest absolute Gasteiger partial charge is 0.484 e. The Morgan fingerprint density at radius 3 is 2.89 bits per heavy atom. The highest BCUT2D eigenvalue weighted by Gasteiger charge is 2.07. The van der Waals surface area contributed by atoms with E-state index in [0.29, 0.717) is 12.3 Å². The number of halogens is 1. The van der Waals surface area contributed by atoms with Crippen molar-refractivity contribution in [1.82, 2.24) is 5.32 Å². The zero-order valence-corrected chi connectivity index (χ0v) is 13.0. The van der Waals surface area contributed by atoms with Crippen LogP contribution in [0.1, 0.15) is 25.8 Å². The molecule has 0 saturated carbocycles. The van der Waals surface area contributed by atoms with Crippen LogP contribution in [0.3, 0.4) is 0 Å². The van der Waals surface area contributed by atoms with Crippen molar-refractivity contribution in [2.24, 2.45) is 5.73 Å². The summed E-state index contributed by atoms with van der Waals surface area (Å²) in [5.74, 6) is 0.587. The van der Waals surface area contributed by atoms with Gasteiger partial charge in [0.15, 0.2) is 6.61 Å². The van der Waals surface area contributed by atoms with Crippen molar-refractivity contribution in [3.05, 3.63) is 28.2 Å². The average molecular weight is 329 g/mol. The Bertz CT molecular complexity index is 424. The van der Waals surface area contributed by atoms with Crippen molar-refractivity contribution in [2.75, 3.05) is 13.2 Å². The van der Waals surface area contributed by atoms with Crippen molar-refractivity contribution >= 4 is 21.8 Å². The Balaban J connectivity index is 2.53. The van der Waals surface area contributed by atoms with Crippen LogP contribution in [0.2, 0.25) is 0 Å². The molecule has 4 nitrogen and oxygen atoms in total. The molecule has 1 atom stereocenters. The smallest absolute Gasteiger partial charge is 0.258 e. The minimum absolute atomic E-state index is 0.0358. The molecule has 1 amide bonds. The Kier molecular flexibility index (Phi) is 6.87. The van der Waals surface area contributed by atoms with Crippen LogP contribution in [0.5, 0.6) is 5.75 Å². The van der Waals surface area contributed by atoms with Crippen LogP contribution in [-0.2, 0) is 11.2 Å². The maximum Gasteiger partial charge on any atom is 0.258 e. The molecule has 0 bridgehead atoms. The summed E-state index contributed by atoms with van der Waals surface area (Å²) in [6, 6.07) is 5.83. The molecule has 0 saturated heterocycles. The average Bonchev–Trinajstić information content (AvgIpc) is 2.39. The van der Waals surface area contributed by atoms with Crippen LogP contribution >= 0.6 is 15.9 Å². The van der Waals surface area contributed by atoms with E-state index in [2.05, 4.69) is 21.2 Å². The number of hydrogen-bond donors (Lipinski definition) is 2. The van der Waals surface area contributed by atoms with Gasteiger partial charge in [0.25, 0.3) is 5.91 Å². The number of benzene rings is 1. The Morgan fingerprint density at radius 2 is 2.26 bits per heavy atom. The number of ether oxygens (including phenoxy) is 1. The lowest BCUT2D eigenvalue weighted by atomic mass is 10.1. The second kappa shape index (κ2) is 8.17. The molecule has 1 rings (SSSR count). The van der Waals surface area contributed by atoms with E-state index in [-0.39, 0.29) is 18.6 Å². The van der Waals surface area contributed by atoms with Crippen LogP contribution in [0, 0.1) is 0 Å². The SMILES string of the molecule is CCC(C)NC(=O)COc1ccc(Br)c(CCN)c1. The van der Waals surface area contributed by atoms with Gasteiger partial charge in [-0.1, -0.05) is 22.9 Å². The number of carbonyl (C=O) groups is 1. The fraction of sp³-hybridized carbons (Fsp3) is 0.500. The molecular weight excluding hydrogens is 308 g/mol. The third-order valence-corrected chi connectivity index (χ3v) is 3.59. The number of rotatable bonds is 7. The minimum atomic E-state index is -0.0994. The van der Waals surface area contributed by atoms with Gasteiger partial charge in [0.05, 0.1) is 0 Å².